The van der Waals surface area contributed by atoms with Crippen LogP contribution in [0.5, 0.6) is 0 Å². The molecule has 0 aliphatic carbocycles. The van der Waals surface area contributed by atoms with E-state index in [4.69, 9.17) is 16.3 Å². The van der Waals surface area contributed by atoms with Gasteiger partial charge in [-0.25, -0.2) is 0 Å². The molecule has 0 aliphatic heterocycles. The van der Waals surface area contributed by atoms with Crippen LogP contribution in [0.3, 0.4) is 0 Å². The number of hydrogen-bond acceptors (Lipinski definition) is 2. The van der Waals surface area contributed by atoms with E-state index in [0.717, 1.165) is 11.3 Å². The van der Waals surface area contributed by atoms with Crippen LogP contribution >= 0.6 is 11.6 Å². The molecule has 0 spiro atoms. The van der Waals surface area contributed by atoms with Crippen molar-refractivity contribution in [1.29, 1.82) is 0 Å². The van der Waals surface area contributed by atoms with E-state index in [1.54, 1.807) is 31.4 Å². The summed E-state index contributed by atoms with van der Waals surface area (Å²) in [7, 11) is 1.63. The number of halogens is 1. The lowest BCUT2D eigenvalue weighted by atomic mass is 10.2. The minimum absolute atomic E-state index is 0.222. The molecule has 2 rings (SSSR count). The molecule has 19 heavy (non-hydrogen) atoms. The highest BCUT2D eigenvalue weighted by Crippen LogP contribution is 2.18. The number of benzene rings is 2. The van der Waals surface area contributed by atoms with Crippen LogP contribution < -0.4 is 5.32 Å². The van der Waals surface area contributed by atoms with Crippen LogP contribution in [0.2, 0.25) is 5.02 Å². The first kappa shape index (κ1) is 13.6. The molecule has 0 fully saturated rings. The fourth-order valence-electron chi connectivity index (χ4n) is 1.75. The summed E-state index contributed by atoms with van der Waals surface area (Å²) >= 11 is 5.99. The maximum Gasteiger partial charge on any atom is 0.257 e. The number of rotatable bonds is 4. The standard InChI is InChI=1S/C15H14ClNO2/c1-19-10-11-5-4-6-12(9-11)17-15(18)13-7-2-3-8-14(13)16/h2-9H,10H2,1H3,(H,17,18). The summed E-state index contributed by atoms with van der Waals surface area (Å²) in [6.45, 7) is 0.510. The third-order valence-electron chi connectivity index (χ3n) is 2.61. The smallest absolute Gasteiger partial charge is 0.257 e. The molecule has 0 saturated carbocycles. The van der Waals surface area contributed by atoms with E-state index in [2.05, 4.69) is 5.32 Å². The summed E-state index contributed by atoms with van der Waals surface area (Å²) < 4.78 is 5.06. The van der Waals surface area contributed by atoms with Crippen LogP contribution in [0.25, 0.3) is 0 Å². The lowest BCUT2D eigenvalue weighted by molar-refractivity contribution is 0.102. The maximum absolute atomic E-state index is 12.1. The fraction of sp³-hybridized carbons (Fsp3) is 0.133. The Bertz CT molecular complexity index is 584. The molecule has 0 aliphatic rings. The molecule has 1 N–H and O–H groups in total. The zero-order valence-corrected chi connectivity index (χ0v) is 11.3. The van der Waals surface area contributed by atoms with Crippen LogP contribution in [0.15, 0.2) is 48.5 Å². The van der Waals surface area contributed by atoms with Gasteiger partial charge in [0, 0.05) is 12.8 Å². The number of hydrogen-bond donors (Lipinski definition) is 1. The van der Waals surface area contributed by atoms with Crippen LogP contribution in [0.4, 0.5) is 5.69 Å². The van der Waals surface area contributed by atoms with Crippen molar-refractivity contribution in [3.63, 3.8) is 0 Å². The molecular weight excluding hydrogens is 262 g/mol. The highest BCUT2D eigenvalue weighted by molar-refractivity contribution is 6.34. The number of methoxy groups -OCH3 is 1. The van der Waals surface area contributed by atoms with Crippen LogP contribution in [0.1, 0.15) is 15.9 Å². The van der Waals surface area contributed by atoms with Gasteiger partial charge in [0.1, 0.15) is 0 Å². The van der Waals surface area contributed by atoms with Gasteiger partial charge in [-0.3, -0.25) is 4.79 Å². The Labute approximate surface area is 117 Å². The summed E-state index contributed by atoms with van der Waals surface area (Å²) in [5, 5.41) is 3.26. The highest BCUT2D eigenvalue weighted by Gasteiger charge is 2.09. The van der Waals surface area contributed by atoms with E-state index in [9.17, 15) is 4.79 Å². The topological polar surface area (TPSA) is 38.3 Å². The molecule has 0 saturated heterocycles. The minimum atomic E-state index is -0.222. The van der Waals surface area contributed by atoms with Crippen LogP contribution in [-0.4, -0.2) is 13.0 Å². The Morgan fingerprint density at radius 1 is 1.21 bits per heavy atom. The predicted octanol–water partition coefficient (Wildman–Crippen LogP) is 3.74. The van der Waals surface area contributed by atoms with Gasteiger partial charge in [-0.05, 0) is 29.8 Å². The van der Waals surface area contributed by atoms with Crippen molar-refractivity contribution in [1.82, 2.24) is 0 Å². The summed E-state index contributed by atoms with van der Waals surface area (Å²) in [6.07, 6.45) is 0. The predicted molar refractivity (Wildman–Crippen MR) is 76.6 cm³/mol. The molecule has 4 heteroatoms. The molecule has 3 nitrogen and oxygen atoms in total. The van der Waals surface area contributed by atoms with E-state index in [1.165, 1.54) is 0 Å². The Kier molecular flexibility index (Phi) is 4.55. The second kappa shape index (κ2) is 6.36. The lowest BCUT2D eigenvalue weighted by Gasteiger charge is -2.08. The average molecular weight is 276 g/mol. The summed E-state index contributed by atoms with van der Waals surface area (Å²) in [5.74, 6) is -0.222. The number of amides is 1. The fourth-order valence-corrected chi connectivity index (χ4v) is 1.97. The van der Waals surface area contributed by atoms with Gasteiger partial charge in [0.2, 0.25) is 0 Å². The van der Waals surface area contributed by atoms with E-state index in [-0.39, 0.29) is 5.91 Å². The SMILES string of the molecule is COCc1cccc(NC(=O)c2ccccc2Cl)c1. The van der Waals surface area contributed by atoms with E-state index < -0.39 is 0 Å². The Balaban J connectivity index is 2.15. The molecule has 0 unspecified atom stereocenters. The summed E-state index contributed by atoms with van der Waals surface area (Å²) in [4.78, 5) is 12.1. The van der Waals surface area contributed by atoms with Gasteiger partial charge in [0.05, 0.1) is 17.2 Å². The molecular formula is C15H14ClNO2. The summed E-state index contributed by atoms with van der Waals surface area (Å²) in [5.41, 5.74) is 2.18. The Hall–Kier alpha value is -1.84. The van der Waals surface area contributed by atoms with Crippen molar-refractivity contribution in [2.24, 2.45) is 0 Å². The molecule has 98 valence electrons. The van der Waals surface area contributed by atoms with Crippen molar-refractivity contribution >= 4 is 23.2 Å². The largest absolute Gasteiger partial charge is 0.380 e. The van der Waals surface area contributed by atoms with E-state index >= 15 is 0 Å². The molecule has 0 aromatic heterocycles. The average Bonchev–Trinajstić information content (AvgIpc) is 2.40. The van der Waals surface area contributed by atoms with Crippen LogP contribution in [0, 0.1) is 0 Å². The number of carbonyl (C=O) groups is 1. The minimum Gasteiger partial charge on any atom is -0.380 e. The second-order valence-electron chi connectivity index (χ2n) is 4.07. The van der Waals surface area contributed by atoms with Crippen molar-refractivity contribution in [3.8, 4) is 0 Å². The van der Waals surface area contributed by atoms with Gasteiger partial charge in [0.15, 0.2) is 0 Å². The highest BCUT2D eigenvalue weighted by atomic mass is 35.5. The van der Waals surface area contributed by atoms with E-state index in [0.29, 0.717) is 17.2 Å². The molecule has 2 aromatic carbocycles. The first-order valence-corrected chi connectivity index (χ1v) is 6.22. The van der Waals surface area contributed by atoms with Gasteiger partial charge in [-0.1, -0.05) is 35.9 Å². The number of anilines is 1. The summed E-state index contributed by atoms with van der Waals surface area (Å²) in [6, 6.07) is 14.5. The third kappa shape index (κ3) is 3.56. The number of ether oxygens (including phenoxy) is 1. The molecule has 0 atom stereocenters. The zero-order chi connectivity index (χ0) is 13.7. The molecule has 2 aromatic rings. The van der Waals surface area contributed by atoms with E-state index in [1.807, 2.05) is 24.3 Å². The molecule has 0 heterocycles. The molecule has 0 radical (unpaired) electrons. The van der Waals surface area contributed by atoms with Crippen LogP contribution in [-0.2, 0) is 11.3 Å². The van der Waals surface area contributed by atoms with Gasteiger partial charge in [-0.15, -0.1) is 0 Å². The third-order valence-corrected chi connectivity index (χ3v) is 2.94. The van der Waals surface area contributed by atoms with Gasteiger partial charge in [-0.2, -0.15) is 0 Å². The quantitative estimate of drug-likeness (QED) is 0.923. The van der Waals surface area contributed by atoms with Crippen molar-refractivity contribution in [2.75, 3.05) is 12.4 Å². The maximum atomic E-state index is 12.1. The van der Waals surface area contributed by atoms with Gasteiger partial charge in [0.25, 0.3) is 5.91 Å². The zero-order valence-electron chi connectivity index (χ0n) is 10.5. The van der Waals surface area contributed by atoms with Crippen molar-refractivity contribution in [3.05, 3.63) is 64.7 Å². The Morgan fingerprint density at radius 2 is 2.00 bits per heavy atom. The molecule has 0 bridgehead atoms. The number of nitrogens with one attached hydrogen (secondary N) is 1. The molecule has 1 amide bonds. The first-order chi connectivity index (χ1) is 9.20. The van der Waals surface area contributed by atoms with Crippen molar-refractivity contribution in [2.45, 2.75) is 6.61 Å². The second-order valence-corrected chi connectivity index (χ2v) is 4.47. The normalized spacial score (nSPS) is 10.2. The van der Waals surface area contributed by atoms with Gasteiger partial charge >= 0.3 is 0 Å². The lowest BCUT2D eigenvalue weighted by Crippen LogP contribution is -2.12. The van der Waals surface area contributed by atoms with Crippen molar-refractivity contribution < 1.29 is 9.53 Å². The number of carbonyl (C=O) groups excluding carboxylic acids is 1. The Morgan fingerprint density at radius 3 is 2.74 bits per heavy atom. The monoisotopic (exact) mass is 275 g/mol. The first-order valence-electron chi connectivity index (χ1n) is 5.84. The van der Waals surface area contributed by atoms with Gasteiger partial charge < -0.3 is 10.1 Å².